The van der Waals surface area contributed by atoms with E-state index in [2.05, 4.69) is 0 Å². The lowest BCUT2D eigenvalue weighted by atomic mass is 10.2. The molecule has 8 heteroatoms. The summed E-state index contributed by atoms with van der Waals surface area (Å²) in [5, 5.41) is -0.658. The summed E-state index contributed by atoms with van der Waals surface area (Å²) in [7, 11) is -5.19. The van der Waals surface area contributed by atoms with Crippen LogP contribution < -0.4 is 0 Å². The molecule has 0 radical (unpaired) electrons. The highest BCUT2D eigenvalue weighted by Crippen LogP contribution is 2.46. The molecule has 0 spiro atoms. The maximum Gasteiger partial charge on any atom is 0.222 e. The molecule has 0 aromatic heterocycles. The molecule has 2 atom stereocenters. The average molecular weight is 311 g/mol. The summed E-state index contributed by atoms with van der Waals surface area (Å²) in [4.78, 5) is 0. The predicted molar refractivity (Wildman–Crippen MR) is 72.2 cm³/mol. The molecular formula is C11H21NO5S2. The second-order valence-electron chi connectivity index (χ2n) is 5.54. The van der Waals surface area contributed by atoms with Crippen LogP contribution in [0.4, 0.5) is 0 Å². The lowest BCUT2D eigenvalue weighted by Gasteiger charge is -2.38. The fourth-order valence-electron chi connectivity index (χ4n) is 2.61. The molecule has 0 aromatic carbocycles. The zero-order valence-electron chi connectivity index (χ0n) is 11.5. The lowest BCUT2D eigenvalue weighted by Crippen LogP contribution is -2.57. The van der Waals surface area contributed by atoms with Gasteiger partial charge in [-0.1, -0.05) is 0 Å². The van der Waals surface area contributed by atoms with Gasteiger partial charge in [0.05, 0.1) is 17.6 Å². The molecule has 1 heterocycles. The van der Waals surface area contributed by atoms with Crippen LogP contribution in [0.1, 0.15) is 26.7 Å². The molecule has 6 nitrogen and oxygen atoms in total. The van der Waals surface area contributed by atoms with Crippen molar-refractivity contribution in [1.82, 2.24) is 4.31 Å². The van der Waals surface area contributed by atoms with Gasteiger partial charge in [-0.15, -0.1) is 0 Å². The Balaban J connectivity index is 2.28. The first-order valence-corrected chi connectivity index (χ1v) is 9.55. The molecular weight excluding hydrogens is 290 g/mol. The van der Waals surface area contributed by atoms with Crippen LogP contribution in [-0.2, 0) is 24.6 Å². The van der Waals surface area contributed by atoms with Crippen LogP contribution in [0, 0.1) is 0 Å². The first kappa shape index (κ1) is 15.2. The third-order valence-corrected chi connectivity index (χ3v) is 9.40. The molecule has 0 bridgehead atoms. The highest BCUT2D eigenvalue weighted by molar-refractivity contribution is 7.93. The van der Waals surface area contributed by atoms with Crippen molar-refractivity contribution in [3.8, 4) is 0 Å². The Bertz CT molecular complexity index is 550. The van der Waals surface area contributed by atoms with E-state index in [0.29, 0.717) is 12.8 Å². The second-order valence-corrected chi connectivity index (χ2v) is 10.3. The van der Waals surface area contributed by atoms with Crippen LogP contribution in [0.2, 0.25) is 0 Å². The van der Waals surface area contributed by atoms with Crippen LogP contribution in [0.15, 0.2) is 0 Å². The number of sulfone groups is 1. The summed E-state index contributed by atoms with van der Waals surface area (Å²) in [6.45, 7) is 3.49. The standard InChI is InChI=1S/C11H21NO5S2/c1-9-10(2)18(13,14)7-6-12(9)19(15,16)11(4-5-11)8-17-3/h9-10H,4-8H2,1-3H3. The number of hydrogen-bond acceptors (Lipinski definition) is 5. The molecule has 2 aliphatic rings. The first-order valence-electron chi connectivity index (χ1n) is 6.40. The first-order chi connectivity index (χ1) is 8.68. The van der Waals surface area contributed by atoms with Crippen LogP contribution >= 0.6 is 0 Å². The van der Waals surface area contributed by atoms with Gasteiger partial charge in [0.25, 0.3) is 0 Å². The molecule has 1 aliphatic heterocycles. The van der Waals surface area contributed by atoms with Gasteiger partial charge < -0.3 is 4.74 Å². The van der Waals surface area contributed by atoms with Gasteiger partial charge >= 0.3 is 0 Å². The molecule has 2 unspecified atom stereocenters. The van der Waals surface area contributed by atoms with E-state index in [1.165, 1.54) is 11.4 Å². The number of rotatable bonds is 4. The smallest absolute Gasteiger partial charge is 0.222 e. The summed E-state index contributed by atoms with van der Waals surface area (Å²) >= 11 is 0. The van der Waals surface area contributed by atoms with Crippen molar-refractivity contribution >= 4 is 19.9 Å². The molecule has 0 N–H and O–H groups in total. The molecule has 2 fully saturated rings. The molecule has 1 saturated carbocycles. The minimum atomic E-state index is -3.50. The quantitative estimate of drug-likeness (QED) is 0.730. The van der Waals surface area contributed by atoms with Crippen LogP contribution in [-0.4, -0.2) is 63.2 Å². The fourth-order valence-corrected chi connectivity index (χ4v) is 6.70. The van der Waals surface area contributed by atoms with Crippen molar-refractivity contribution in [2.24, 2.45) is 0 Å². The molecule has 19 heavy (non-hydrogen) atoms. The van der Waals surface area contributed by atoms with Gasteiger partial charge in [-0.05, 0) is 26.7 Å². The summed E-state index contributed by atoms with van der Waals surface area (Å²) in [5.41, 5.74) is 0. The lowest BCUT2D eigenvalue weighted by molar-refractivity contribution is 0.187. The number of methoxy groups -OCH3 is 1. The molecule has 1 aliphatic carbocycles. The van der Waals surface area contributed by atoms with Gasteiger partial charge in [0.15, 0.2) is 9.84 Å². The third kappa shape index (κ3) is 2.32. The molecule has 112 valence electrons. The number of sulfonamides is 1. The van der Waals surface area contributed by atoms with Crippen LogP contribution in [0.3, 0.4) is 0 Å². The van der Waals surface area contributed by atoms with Crippen LogP contribution in [0.25, 0.3) is 0 Å². The number of nitrogens with zero attached hydrogens (tertiary/aromatic N) is 1. The van der Waals surface area contributed by atoms with E-state index in [0.717, 1.165) is 0 Å². The van der Waals surface area contributed by atoms with Crippen molar-refractivity contribution < 1.29 is 21.6 Å². The monoisotopic (exact) mass is 311 g/mol. The second kappa shape index (κ2) is 4.68. The van der Waals surface area contributed by atoms with Crippen molar-refractivity contribution in [2.45, 2.75) is 42.7 Å². The Morgan fingerprint density at radius 1 is 1.32 bits per heavy atom. The minimum absolute atomic E-state index is 0.0572. The molecule has 0 amide bonds. The van der Waals surface area contributed by atoms with E-state index in [9.17, 15) is 16.8 Å². The summed E-state index contributed by atoms with van der Waals surface area (Å²) < 4.78 is 54.5. The fraction of sp³-hybridized carbons (Fsp3) is 1.00. The largest absolute Gasteiger partial charge is 0.383 e. The predicted octanol–water partition coefficient (Wildman–Crippen LogP) is 0.00260. The van der Waals surface area contributed by atoms with Gasteiger partial charge in [-0.3, -0.25) is 0 Å². The minimum Gasteiger partial charge on any atom is -0.383 e. The van der Waals surface area contributed by atoms with Gasteiger partial charge in [0.2, 0.25) is 10.0 Å². The maximum atomic E-state index is 12.7. The number of ether oxygens (including phenoxy) is 1. The van der Waals surface area contributed by atoms with Crippen LogP contribution in [0.5, 0.6) is 0 Å². The highest BCUT2D eigenvalue weighted by atomic mass is 32.2. The van der Waals surface area contributed by atoms with E-state index in [4.69, 9.17) is 4.74 Å². The summed E-state index contributed by atoms with van der Waals surface area (Å²) in [6, 6.07) is -0.516. The van der Waals surface area contributed by atoms with Gasteiger partial charge in [-0.2, -0.15) is 4.31 Å². The van der Waals surface area contributed by atoms with E-state index >= 15 is 0 Å². The van der Waals surface area contributed by atoms with Crippen molar-refractivity contribution in [1.29, 1.82) is 0 Å². The maximum absolute atomic E-state index is 12.7. The molecule has 1 saturated heterocycles. The van der Waals surface area contributed by atoms with E-state index < -0.39 is 35.9 Å². The SMILES string of the molecule is COCC1(S(=O)(=O)N2CCS(=O)(=O)C(C)C2C)CC1. The van der Waals surface area contributed by atoms with E-state index in [1.54, 1.807) is 13.8 Å². The molecule has 0 aromatic rings. The Hall–Kier alpha value is -0.180. The summed E-state index contributed by atoms with van der Waals surface area (Å²) in [6.07, 6.45) is 1.18. The number of hydrogen-bond donors (Lipinski definition) is 0. The molecule has 2 rings (SSSR count). The zero-order valence-corrected chi connectivity index (χ0v) is 13.1. The van der Waals surface area contributed by atoms with Gasteiger partial charge in [0.1, 0.15) is 4.75 Å². The Labute approximate surface area is 115 Å². The third-order valence-electron chi connectivity index (χ3n) is 4.37. The Morgan fingerprint density at radius 3 is 2.37 bits per heavy atom. The van der Waals surface area contributed by atoms with Gasteiger partial charge in [0, 0.05) is 19.7 Å². The normalized spacial score (nSPS) is 34.1. The highest BCUT2D eigenvalue weighted by Gasteiger charge is 2.59. The van der Waals surface area contributed by atoms with Crippen molar-refractivity contribution in [2.75, 3.05) is 26.0 Å². The summed E-state index contributed by atoms with van der Waals surface area (Å²) in [5.74, 6) is -0.0964. The zero-order chi connectivity index (χ0) is 14.5. The van der Waals surface area contributed by atoms with Gasteiger partial charge in [-0.25, -0.2) is 16.8 Å². The van der Waals surface area contributed by atoms with Crippen molar-refractivity contribution in [3.05, 3.63) is 0 Å². The van der Waals surface area contributed by atoms with Crippen molar-refractivity contribution in [3.63, 3.8) is 0 Å². The van der Waals surface area contributed by atoms with E-state index in [-0.39, 0.29) is 18.9 Å². The Kier molecular flexibility index (Phi) is 3.75. The topological polar surface area (TPSA) is 80.8 Å². The Morgan fingerprint density at radius 2 is 1.89 bits per heavy atom. The van der Waals surface area contributed by atoms with E-state index in [1.807, 2.05) is 0 Å². The average Bonchev–Trinajstić information content (AvgIpc) is 3.07.